The Morgan fingerprint density at radius 1 is 1.58 bits per heavy atom. The Morgan fingerprint density at radius 3 is 2.95 bits per heavy atom. The zero-order chi connectivity index (χ0) is 13.8. The topological polar surface area (TPSA) is 94.0 Å². The highest BCUT2D eigenvalue weighted by Gasteiger charge is 2.18. The highest BCUT2D eigenvalue weighted by atomic mass is 32.2. The molecule has 0 saturated heterocycles. The van der Waals surface area contributed by atoms with E-state index in [4.69, 9.17) is 11.5 Å². The van der Waals surface area contributed by atoms with Gasteiger partial charge in [0.25, 0.3) is 5.91 Å². The molecule has 0 atom stereocenters. The first-order valence-corrected chi connectivity index (χ1v) is 7.56. The average Bonchev–Trinajstić information content (AvgIpc) is 2.74. The number of nitrogens with two attached hydrogens (primary N) is 2. The second kappa shape index (κ2) is 5.94. The second-order valence-electron chi connectivity index (χ2n) is 3.79. The molecule has 0 spiro atoms. The van der Waals surface area contributed by atoms with E-state index < -0.39 is 5.91 Å². The number of carbonyl (C=O) groups is 1. The van der Waals surface area contributed by atoms with Crippen LogP contribution in [0.3, 0.4) is 0 Å². The zero-order valence-corrected chi connectivity index (χ0v) is 12.0. The molecule has 2 aromatic heterocycles. The van der Waals surface area contributed by atoms with Crippen LogP contribution in [0.25, 0.3) is 0 Å². The van der Waals surface area contributed by atoms with Gasteiger partial charge < -0.3 is 16.8 Å². The number of anilines is 2. The van der Waals surface area contributed by atoms with Gasteiger partial charge in [0.1, 0.15) is 9.88 Å². The third kappa shape index (κ3) is 2.99. The predicted octanol–water partition coefficient (Wildman–Crippen LogP) is 2.16. The molecule has 0 aliphatic rings. The Balaban J connectivity index is 2.20. The number of thioether (sulfide) groups is 1. The molecule has 0 unspecified atom stereocenters. The lowest BCUT2D eigenvalue weighted by Gasteiger charge is -2.05. The SMILES string of the molecule is CSc1c(NCc2cccnc2)sc(C(N)=O)c1N. The summed E-state index contributed by atoms with van der Waals surface area (Å²) in [6.07, 6.45) is 5.43. The normalized spacial score (nSPS) is 10.4. The molecular weight excluding hydrogens is 280 g/mol. The Hall–Kier alpha value is -1.73. The van der Waals surface area contributed by atoms with Gasteiger partial charge in [-0.25, -0.2) is 0 Å². The molecule has 2 heterocycles. The lowest BCUT2D eigenvalue weighted by Crippen LogP contribution is -2.10. The van der Waals surface area contributed by atoms with Crippen molar-refractivity contribution in [1.29, 1.82) is 0 Å². The Kier molecular flexibility index (Phi) is 4.28. The lowest BCUT2D eigenvalue weighted by atomic mass is 10.3. The van der Waals surface area contributed by atoms with E-state index in [1.165, 1.54) is 23.1 Å². The fourth-order valence-corrected chi connectivity index (χ4v) is 3.50. The monoisotopic (exact) mass is 294 g/mol. The van der Waals surface area contributed by atoms with Crippen LogP contribution in [0.1, 0.15) is 15.2 Å². The number of nitrogens with one attached hydrogen (secondary N) is 1. The van der Waals surface area contributed by atoms with Crippen LogP contribution in [-0.2, 0) is 6.54 Å². The van der Waals surface area contributed by atoms with Gasteiger partial charge in [0.05, 0.1) is 10.6 Å². The van der Waals surface area contributed by atoms with Crippen molar-refractivity contribution in [1.82, 2.24) is 4.98 Å². The number of nitrogen functional groups attached to an aromatic ring is 1. The molecule has 0 fully saturated rings. The number of amides is 1. The van der Waals surface area contributed by atoms with Crippen LogP contribution in [0.5, 0.6) is 0 Å². The van der Waals surface area contributed by atoms with E-state index in [0.29, 0.717) is 17.1 Å². The van der Waals surface area contributed by atoms with Crippen molar-refractivity contribution in [3.8, 4) is 0 Å². The van der Waals surface area contributed by atoms with Crippen molar-refractivity contribution >= 4 is 39.7 Å². The summed E-state index contributed by atoms with van der Waals surface area (Å²) in [5, 5.41) is 4.13. The standard InChI is InChI=1S/C12H14N4OS2/c1-18-10-8(13)9(11(14)17)19-12(10)16-6-7-3-2-4-15-5-7/h2-5,16H,6,13H2,1H3,(H2,14,17). The summed E-state index contributed by atoms with van der Waals surface area (Å²) < 4.78 is 0. The fraction of sp³-hybridized carbons (Fsp3) is 0.167. The van der Waals surface area contributed by atoms with E-state index in [1.807, 2.05) is 18.4 Å². The van der Waals surface area contributed by atoms with Crippen molar-refractivity contribution in [2.24, 2.45) is 5.73 Å². The molecule has 0 radical (unpaired) electrons. The van der Waals surface area contributed by atoms with Crippen LogP contribution in [-0.4, -0.2) is 17.1 Å². The maximum absolute atomic E-state index is 11.3. The van der Waals surface area contributed by atoms with E-state index in [-0.39, 0.29) is 0 Å². The van der Waals surface area contributed by atoms with Gasteiger partial charge in [0.2, 0.25) is 0 Å². The molecule has 2 rings (SSSR count). The molecule has 5 N–H and O–H groups in total. The van der Waals surface area contributed by atoms with Crippen LogP contribution in [0.2, 0.25) is 0 Å². The molecule has 19 heavy (non-hydrogen) atoms. The minimum absolute atomic E-state index is 0.401. The average molecular weight is 294 g/mol. The Labute approximate surface area is 119 Å². The van der Waals surface area contributed by atoms with Crippen molar-refractivity contribution in [3.05, 3.63) is 35.0 Å². The summed E-state index contributed by atoms with van der Waals surface area (Å²) in [4.78, 5) is 16.6. The fourth-order valence-electron chi connectivity index (χ4n) is 1.62. The van der Waals surface area contributed by atoms with Gasteiger partial charge in [-0.05, 0) is 17.9 Å². The number of hydrogen-bond donors (Lipinski definition) is 3. The molecule has 0 saturated carbocycles. The van der Waals surface area contributed by atoms with E-state index in [2.05, 4.69) is 10.3 Å². The summed E-state index contributed by atoms with van der Waals surface area (Å²) in [6.45, 7) is 0.625. The predicted molar refractivity (Wildman–Crippen MR) is 80.6 cm³/mol. The summed E-state index contributed by atoms with van der Waals surface area (Å²) in [7, 11) is 0. The van der Waals surface area contributed by atoms with E-state index in [0.717, 1.165) is 15.5 Å². The number of thiophene rings is 1. The summed E-state index contributed by atoms with van der Waals surface area (Å²) in [5.74, 6) is -0.493. The van der Waals surface area contributed by atoms with Crippen molar-refractivity contribution in [2.45, 2.75) is 11.4 Å². The third-order valence-electron chi connectivity index (χ3n) is 2.50. The van der Waals surface area contributed by atoms with Crippen molar-refractivity contribution < 1.29 is 4.79 Å². The molecule has 7 heteroatoms. The molecule has 2 aromatic rings. The number of rotatable bonds is 5. The van der Waals surface area contributed by atoms with Gasteiger partial charge in [-0.1, -0.05) is 6.07 Å². The molecule has 0 aliphatic carbocycles. The molecule has 5 nitrogen and oxygen atoms in total. The molecule has 0 aliphatic heterocycles. The van der Waals surface area contributed by atoms with Gasteiger partial charge in [-0.3, -0.25) is 9.78 Å². The minimum Gasteiger partial charge on any atom is -0.396 e. The third-order valence-corrected chi connectivity index (χ3v) is 4.64. The summed E-state index contributed by atoms with van der Waals surface area (Å²) >= 11 is 2.78. The van der Waals surface area contributed by atoms with E-state index in [1.54, 1.807) is 12.4 Å². The number of primary amides is 1. The zero-order valence-electron chi connectivity index (χ0n) is 10.3. The largest absolute Gasteiger partial charge is 0.396 e. The van der Waals surface area contributed by atoms with Crippen LogP contribution < -0.4 is 16.8 Å². The van der Waals surface area contributed by atoms with E-state index >= 15 is 0 Å². The van der Waals surface area contributed by atoms with Gasteiger partial charge in [-0.2, -0.15) is 0 Å². The maximum atomic E-state index is 11.3. The van der Waals surface area contributed by atoms with Gasteiger partial charge in [0, 0.05) is 18.9 Å². The molecule has 0 aromatic carbocycles. The first-order valence-electron chi connectivity index (χ1n) is 5.52. The molecule has 1 amide bonds. The highest BCUT2D eigenvalue weighted by Crippen LogP contribution is 2.41. The van der Waals surface area contributed by atoms with Gasteiger partial charge in [-0.15, -0.1) is 23.1 Å². The van der Waals surface area contributed by atoms with Gasteiger partial charge >= 0.3 is 0 Å². The maximum Gasteiger partial charge on any atom is 0.261 e. The van der Waals surface area contributed by atoms with Crippen LogP contribution in [0.15, 0.2) is 29.4 Å². The van der Waals surface area contributed by atoms with E-state index in [9.17, 15) is 4.79 Å². The summed E-state index contributed by atoms with van der Waals surface area (Å²) in [6, 6.07) is 3.86. The number of pyridine rings is 1. The first-order chi connectivity index (χ1) is 9.13. The number of carbonyl (C=O) groups excluding carboxylic acids is 1. The quantitative estimate of drug-likeness (QED) is 0.735. The molecule has 100 valence electrons. The molecule has 0 bridgehead atoms. The Bertz CT molecular complexity index is 583. The van der Waals surface area contributed by atoms with Crippen molar-refractivity contribution in [3.63, 3.8) is 0 Å². The number of hydrogen-bond acceptors (Lipinski definition) is 6. The smallest absolute Gasteiger partial charge is 0.261 e. The van der Waals surface area contributed by atoms with Gasteiger partial charge in [0.15, 0.2) is 0 Å². The Morgan fingerprint density at radius 2 is 2.37 bits per heavy atom. The first kappa shape index (κ1) is 13.7. The lowest BCUT2D eigenvalue weighted by molar-refractivity contribution is 0.100. The highest BCUT2D eigenvalue weighted by molar-refractivity contribution is 7.99. The van der Waals surface area contributed by atoms with Crippen LogP contribution in [0, 0.1) is 0 Å². The molecular formula is C12H14N4OS2. The van der Waals surface area contributed by atoms with Crippen molar-refractivity contribution in [2.75, 3.05) is 17.3 Å². The number of nitrogens with zero attached hydrogens (tertiary/aromatic N) is 1. The minimum atomic E-state index is -0.493. The van der Waals surface area contributed by atoms with Crippen LogP contribution >= 0.6 is 23.1 Å². The van der Waals surface area contributed by atoms with Crippen LogP contribution in [0.4, 0.5) is 10.7 Å². The second-order valence-corrected chi connectivity index (χ2v) is 5.62. The number of aromatic nitrogens is 1. The summed E-state index contributed by atoms with van der Waals surface area (Å²) in [5.41, 5.74) is 12.7.